The van der Waals surface area contributed by atoms with Crippen molar-refractivity contribution in [3.63, 3.8) is 0 Å². The number of hydrogen-bond donors (Lipinski definition) is 0. The number of halogens is 2. The Hall–Kier alpha value is -2.31. The van der Waals surface area contributed by atoms with Crippen LogP contribution in [0.5, 0.6) is 0 Å². The molecule has 0 fully saturated rings. The summed E-state index contributed by atoms with van der Waals surface area (Å²) in [6.07, 6.45) is 3.48. The van der Waals surface area contributed by atoms with E-state index in [-0.39, 0.29) is 23.5 Å². The first-order valence-corrected chi connectivity index (χ1v) is 12.2. The molecular weight excluding hydrogens is 445 g/mol. The molecule has 2 aromatic carbocycles. The van der Waals surface area contributed by atoms with Gasteiger partial charge in [0.15, 0.2) is 5.16 Å². The molecule has 0 bridgehead atoms. The second-order valence-electron chi connectivity index (χ2n) is 8.65. The van der Waals surface area contributed by atoms with Gasteiger partial charge in [-0.05, 0) is 67.1 Å². The summed E-state index contributed by atoms with van der Waals surface area (Å²) < 4.78 is 15.9. The number of carbonyl (C=O) groups excluding carboxylic acids is 1. The number of hydrogen-bond acceptors (Lipinski definition) is 3. The Morgan fingerprint density at radius 3 is 2.72 bits per heavy atom. The summed E-state index contributed by atoms with van der Waals surface area (Å²) in [5.74, 6) is 0.456. The third kappa shape index (κ3) is 4.86. The topological polar surface area (TPSA) is 38.1 Å². The number of carbonyl (C=O) groups is 1. The van der Waals surface area contributed by atoms with Gasteiger partial charge in [-0.15, -0.1) is 0 Å². The number of fused-ring (bicyclic) bond motifs is 1. The predicted molar refractivity (Wildman–Crippen MR) is 130 cm³/mol. The number of thioether (sulfide) groups is 1. The van der Waals surface area contributed by atoms with E-state index in [1.807, 2.05) is 42.3 Å². The molecule has 3 aromatic rings. The Kier molecular flexibility index (Phi) is 6.91. The summed E-state index contributed by atoms with van der Waals surface area (Å²) >= 11 is 7.50. The van der Waals surface area contributed by atoms with E-state index in [1.165, 1.54) is 17.8 Å². The van der Waals surface area contributed by atoms with Gasteiger partial charge in [0, 0.05) is 23.3 Å². The van der Waals surface area contributed by atoms with Crippen molar-refractivity contribution in [2.75, 3.05) is 10.7 Å². The van der Waals surface area contributed by atoms with Crippen LogP contribution in [0, 0.1) is 11.7 Å². The zero-order valence-corrected chi connectivity index (χ0v) is 20.1. The molecule has 0 unspecified atom stereocenters. The highest BCUT2D eigenvalue weighted by Gasteiger charge is 2.29. The summed E-state index contributed by atoms with van der Waals surface area (Å²) in [5.41, 5.74) is 3.77. The van der Waals surface area contributed by atoms with E-state index >= 15 is 0 Å². The molecule has 4 rings (SSSR count). The van der Waals surface area contributed by atoms with E-state index in [1.54, 1.807) is 12.1 Å². The van der Waals surface area contributed by atoms with Crippen molar-refractivity contribution in [3.05, 3.63) is 65.1 Å². The molecule has 1 atom stereocenters. The zero-order chi connectivity index (χ0) is 22.8. The van der Waals surface area contributed by atoms with Gasteiger partial charge in [-0.25, -0.2) is 9.37 Å². The lowest BCUT2D eigenvalue weighted by atomic mass is 9.96. The minimum absolute atomic E-state index is 0.0159. The molecule has 0 aliphatic carbocycles. The van der Waals surface area contributed by atoms with Crippen molar-refractivity contribution < 1.29 is 9.18 Å². The van der Waals surface area contributed by atoms with E-state index in [4.69, 9.17) is 11.6 Å². The van der Waals surface area contributed by atoms with Gasteiger partial charge in [-0.2, -0.15) is 0 Å². The highest BCUT2D eigenvalue weighted by molar-refractivity contribution is 7.99. The minimum Gasteiger partial charge on any atom is -0.319 e. The van der Waals surface area contributed by atoms with Crippen molar-refractivity contribution in [2.45, 2.75) is 51.4 Å². The quantitative estimate of drug-likeness (QED) is 0.387. The standard InChI is InChI=1S/C25H27ClFN3OS/c1-16(2)14-29-23(18-6-8-20(26)9-7-18)13-28-25(29)32-15-24(31)30-17(3)4-5-19-12-21(27)10-11-22(19)30/h6-13,16-17H,4-5,14-15H2,1-3H3/t17-/m1/s1. The van der Waals surface area contributed by atoms with Gasteiger partial charge >= 0.3 is 0 Å². The van der Waals surface area contributed by atoms with E-state index in [0.29, 0.717) is 10.9 Å². The fraction of sp³-hybridized carbons (Fsp3) is 0.360. The van der Waals surface area contributed by atoms with Gasteiger partial charge in [0.1, 0.15) is 5.82 Å². The summed E-state index contributed by atoms with van der Waals surface area (Å²) in [5, 5.41) is 1.51. The fourth-order valence-corrected chi connectivity index (χ4v) is 5.14. The van der Waals surface area contributed by atoms with Crippen LogP contribution in [0.4, 0.5) is 10.1 Å². The van der Waals surface area contributed by atoms with Crippen molar-refractivity contribution in [2.24, 2.45) is 5.92 Å². The van der Waals surface area contributed by atoms with Gasteiger partial charge < -0.3 is 9.47 Å². The van der Waals surface area contributed by atoms with Crippen LogP contribution >= 0.6 is 23.4 Å². The van der Waals surface area contributed by atoms with Crippen molar-refractivity contribution >= 4 is 35.0 Å². The molecule has 0 saturated heterocycles. The highest BCUT2D eigenvalue weighted by atomic mass is 35.5. The Bertz CT molecular complexity index is 1110. The molecule has 1 aromatic heterocycles. The first-order chi connectivity index (χ1) is 15.3. The van der Waals surface area contributed by atoms with Gasteiger partial charge in [-0.3, -0.25) is 4.79 Å². The predicted octanol–water partition coefficient (Wildman–Crippen LogP) is 6.46. The summed E-state index contributed by atoms with van der Waals surface area (Å²) in [7, 11) is 0. The third-order valence-electron chi connectivity index (χ3n) is 5.67. The normalized spacial score (nSPS) is 15.8. The molecule has 0 saturated carbocycles. The molecular formula is C25H27ClFN3OS. The first-order valence-electron chi connectivity index (χ1n) is 10.9. The largest absolute Gasteiger partial charge is 0.319 e. The maximum absolute atomic E-state index is 13.7. The third-order valence-corrected chi connectivity index (χ3v) is 6.90. The summed E-state index contributed by atoms with van der Waals surface area (Å²) in [4.78, 5) is 19.7. The first kappa shape index (κ1) is 22.9. The molecule has 7 heteroatoms. The number of amides is 1. The van der Waals surface area contributed by atoms with Gasteiger partial charge in [-0.1, -0.05) is 49.3 Å². The number of benzene rings is 2. The molecule has 4 nitrogen and oxygen atoms in total. The number of rotatable bonds is 6. The van der Waals surface area contributed by atoms with Crippen molar-refractivity contribution in [1.82, 2.24) is 9.55 Å². The van der Waals surface area contributed by atoms with Crippen LogP contribution in [-0.2, 0) is 17.8 Å². The summed E-state index contributed by atoms with van der Waals surface area (Å²) in [6, 6.07) is 12.5. The second kappa shape index (κ2) is 9.67. The van der Waals surface area contributed by atoms with E-state index in [0.717, 1.165) is 47.1 Å². The van der Waals surface area contributed by atoms with Crippen LogP contribution in [-0.4, -0.2) is 27.3 Å². The minimum atomic E-state index is -0.259. The number of aromatic nitrogens is 2. The lowest BCUT2D eigenvalue weighted by Crippen LogP contribution is -2.43. The van der Waals surface area contributed by atoms with Crippen LogP contribution in [0.1, 0.15) is 32.8 Å². The number of imidazole rings is 1. The fourth-order valence-electron chi connectivity index (χ4n) is 4.16. The van der Waals surface area contributed by atoms with Gasteiger partial charge in [0.05, 0.1) is 17.6 Å². The highest BCUT2D eigenvalue weighted by Crippen LogP contribution is 2.33. The monoisotopic (exact) mass is 471 g/mol. The maximum Gasteiger partial charge on any atom is 0.237 e. The molecule has 1 aliphatic heterocycles. The van der Waals surface area contributed by atoms with E-state index < -0.39 is 0 Å². The van der Waals surface area contributed by atoms with Gasteiger partial charge in [0.25, 0.3) is 0 Å². The smallest absolute Gasteiger partial charge is 0.237 e. The SMILES string of the molecule is CC(C)Cn1c(-c2ccc(Cl)cc2)cnc1SCC(=O)N1c2ccc(F)cc2CC[C@H]1C. The zero-order valence-electron chi connectivity index (χ0n) is 18.5. The average molecular weight is 472 g/mol. The molecule has 0 N–H and O–H groups in total. The average Bonchev–Trinajstić information content (AvgIpc) is 3.14. The van der Waals surface area contributed by atoms with Crippen LogP contribution in [0.2, 0.25) is 5.02 Å². The molecule has 0 radical (unpaired) electrons. The van der Waals surface area contributed by atoms with E-state index in [2.05, 4.69) is 23.4 Å². The molecule has 168 valence electrons. The molecule has 1 amide bonds. The Balaban J connectivity index is 1.56. The van der Waals surface area contributed by atoms with E-state index in [9.17, 15) is 9.18 Å². The van der Waals surface area contributed by atoms with Crippen molar-refractivity contribution in [3.8, 4) is 11.3 Å². The van der Waals surface area contributed by atoms with Crippen LogP contribution in [0.25, 0.3) is 11.3 Å². The number of nitrogens with zero attached hydrogens (tertiary/aromatic N) is 3. The Labute approximate surface area is 197 Å². The second-order valence-corrected chi connectivity index (χ2v) is 10.0. The Morgan fingerprint density at radius 1 is 1.25 bits per heavy atom. The number of anilines is 1. The number of aryl methyl sites for hydroxylation is 1. The summed E-state index contributed by atoms with van der Waals surface area (Å²) in [6.45, 7) is 7.18. The lowest BCUT2D eigenvalue weighted by Gasteiger charge is -2.35. The molecule has 2 heterocycles. The van der Waals surface area contributed by atoms with Gasteiger partial charge in [0.2, 0.25) is 5.91 Å². The lowest BCUT2D eigenvalue weighted by molar-refractivity contribution is -0.116. The Morgan fingerprint density at radius 2 is 2.00 bits per heavy atom. The van der Waals surface area contributed by atoms with Crippen molar-refractivity contribution in [1.29, 1.82) is 0 Å². The molecule has 32 heavy (non-hydrogen) atoms. The van der Waals surface area contributed by atoms with Crippen LogP contribution < -0.4 is 4.90 Å². The molecule has 0 spiro atoms. The maximum atomic E-state index is 13.7. The van der Waals surface area contributed by atoms with Crippen LogP contribution in [0.15, 0.2) is 53.8 Å². The van der Waals surface area contributed by atoms with Crippen LogP contribution in [0.3, 0.4) is 0 Å². The molecule has 1 aliphatic rings.